The number of aryl methyl sites for hydroxylation is 1. The van der Waals surface area contributed by atoms with Crippen molar-refractivity contribution in [1.29, 1.82) is 0 Å². The Morgan fingerprint density at radius 2 is 1.88 bits per heavy atom. The summed E-state index contributed by atoms with van der Waals surface area (Å²) in [4.78, 5) is 21.3. The number of alkyl halides is 3. The fourth-order valence-electron chi connectivity index (χ4n) is 3.78. The van der Waals surface area contributed by atoms with E-state index in [0.29, 0.717) is 5.56 Å². The number of halogens is 3. The molecular formula is C25H18F3N5O. The van der Waals surface area contributed by atoms with Crippen LogP contribution in [0.4, 0.5) is 18.9 Å². The van der Waals surface area contributed by atoms with Crippen LogP contribution in [0.5, 0.6) is 0 Å². The van der Waals surface area contributed by atoms with Crippen LogP contribution >= 0.6 is 0 Å². The highest BCUT2D eigenvalue weighted by molar-refractivity contribution is 6.05. The quantitative estimate of drug-likeness (QED) is 0.370. The second kappa shape index (κ2) is 8.18. The molecule has 9 heteroatoms. The number of imidazole rings is 2. The van der Waals surface area contributed by atoms with E-state index in [-0.39, 0.29) is 11.4 Å². The molecular weight excluding hydrogens is 443 g/mol. The Morgan fingerprint density at radius 1 is 1.03 bits per heavy atom. The van der Waals surface area contributed by atoms with Gasteiger partial charge in [0, 0.05) is 41.1 Å². The minimum Gasteiger partial charge on any atom is -0.322 e. The predicted molar refractivity (Wildman–Crippen MR) is 122 cm³/mol. The first kappa shape index (κ1) is 21.4. The number of rotatable bonds is 4. The molecule has 0 aliphatic rings. The molecule has 0 saturated heterocycles. The number of benzene rings is 2. The van der Waals surface area contributed by atoms with Gasteiger partial charge in [0.25, 0.3) is 5.91 Å². The highest BCUT2D eigenvalue weighted by Gasteiger charge is 2.31. The van der Waals surface area contributed by atoms with E-state index in [9.17, 15) is 18.0 Å². The summed E-state index contributed by atoms with van der Waals surface area (Å²) >= 11 is 0. The highest BCUT2D eigenvalue weighted by Crippen LogP contribution is 2.33. The number of carbonyl (C=O) groups is 1. The molecule has 0 bridgehead atoms. The maximum atomic E-state index is 13.5. The van der Waals surface area contributed by atoms with Crippen LogP contribution < -0.4 is 5.32 Å². The molecule has 6 nitrogen and oxygen atoms in total. The number of pyridine rings is 1. The van der Waals surface area contributed by atoms with E-state index < -0.39 is 17.6 Å². The van der Waals surface area contributed by atoms with Crippen molar-refractivity contribution in [3.63, 3.8) is 0 Å². The molecule has 0 atom stereocenters. The Labute approximate surface area is 192 Å². The molecule has 0 spiro atoms. The zero-order chi connectivity index (χ0) is 23.9. The van der Waals surface area contributed by atoms with Gasteiger partial charge in [-0.15, -0.1) is 0 Å². The average Bonchev–Trinajstić information content (AvgIpc) is 3.49. The van der Waals surface area contributed by atoms with E-state index in [2.05, 4.69) is 15.3 Å². The molecule has 170 valence electrons. The molecule has 5 aromatic rings. The largest absolute Gasteiger partial charge is 0.416 e. The first-order chi connectivity index (χ1) is 16.3. The average molecular weight is 461 g/mol. The van der Waals surface area contributed by atoms with Crippen molar-refractivity contribution in [1.82, 2.24) is 18.9 Å². The summed E-state index contributed by atoms with van der Waals surface area (Å²) in [6.45, 7) is 1.92. The van der Waals surface area contributed by atoms with E-state index in [1.54, 1.807) is 24.4 Å². The van der Waals surface area contributed by atoms with E-state index in [1.165, 1.54) is 29.4 Å². The second-order valence-electron chi connectivity index (χ2n) is 7.79. The Kier molecular flexibility index (Phi) is 5.16. The molecule has 5 rings (SSSR count). The Hall–Kier alpha value is -4.40. The molecule has 1 amide bonds. The molecule has 2 aromatic carbocycles. The van der Waals surface area contributed by atoms with Crippen LogP contribution in [-0.2, 0) is 6.18 Å². The van der Waals surface area contributed by atoms with Gasteiger partial charge >= 0.3 is 6.18 Å². The van der Waals surface area contributed by atoms with Gasteiger partial charge in [0.15, 0.2) is 0 Å². The summed E-state index contributed by atoms with van der Waals surface area (Å²) in [5.74, 6) is -0.522. The van der Waals surface area contributed by atoms with Crippen molar-refractivity contribution < 1.29 is 18.0 Å². The van der Waals surface area contributed by atoms with Crippen LogP contribution in [0.25, 0.3) is 22.6 Å². The van der Waals surface area contributed by atoms with Crippen molar-refractivity contribution in [2.24, 2.45) is 0 Å². The van der Waals surface area contributed by atoms with Gasteiger partial charge in [-0.05, 0) is 55.0 Å². The van der Waals surface area contributed by atoms with Crippen molar-refractivity contribution in [3.05, 3.63) is 102 Å². The van der Waals surface area contributed by atoms with Crippen LogP contribution in [0.2, 0.25) is 0 Å². The van der Waals surface area contributed by atoms with Gasteiger partial charge in [0.1, 0.15) is 5.65 Å². The van der Waals surface area contributed by atoms with E-state index >= 15 is 0 Å². The molecule has 0 aliphatic carbocycles. The number of carbonyl (C=O) groups excluding carboxylic acids is 1. The van der Waals surface area contributed by atoms with Crippen molar-refractivity contribution in [2.75, 3.05) is 5.32 Å². The van der Waals surface area contributed by atoms with E-state index in [1.807, 2.05) is 35.7 Å². The normalized spacial score (nSPS) is 11.6. The smallest absolute Gasteiger partial charge is 0.322 e. The number of nitrogens with zero attached hydrogens (tertiary/aromatic N) is 4. The molecule has 0 radical (unpaired) electrons. The summed E-state index contributed by atoms with van der Waals surface area (Å²) in [5.41, 5.74) is 3.01. The molecule has 0 saturated carbocycles. The minimum atomic E-state index is -4.57. The first-order valence-corrected chi connectivity index (χ1v) is 10.3. The molecule has 0 aliphatic heterocycles. The third-order valence-electron chi connectivity index (χ3n) is 5.50. The van der Waals surface area contributed by atoms with Crippen LogP contribution in [0.3, 0.4) is 0 Å². The van der Waals surface area contributed by atoms with Gasteiger partial charge in [-0.3, -0.25) is 9.20 Å². The third kappa shape index (κ3) is 4.03. The number of fused-ring (bicyclic) bond motifs is 1. The predicted octanol–water partition coefficient (Wildman–Crippen LogP) is 5.77. The Morgan fingerprint density at radius 3 is 2.65 bits per heavy atom. The van der Waals surface area contributed by atoms with E-state index in [4.69, 9.17) is 0 Å². The number of nitrogens with one attached hydrogen (secondary N) is 1. The zero-order valence-electron chi connectivity index (χ0n) is 17.9. The maximum Gasteiger partial charge on any atom is 0.416 e. The number of amides is 1. The van der Waals surface area contributed by atoms with Gasteiger partial charge in [0.05, 0.1) is 23.8 Å². The van der Waals surface area contributed by atoms with Gasteiger partial charge < -0.3 is 9.88 Å². The second-order valence-corrected chi connectivity index (χ2v) is 7.79. The summed E-state index contributed by atoms with van der Waals surface area (Å²) in [6, 6.07) is 14.2. The lowest BCUT2D eigenvalue weighted by Gasteiger charge is -2.14. The minimum absolute atomic E-state index is 0.0282. The van der Waals surface area contributed by atoms with Crippen molar-refractivity contribution in [2.45, 2.75) is 13.1 Å². The van der Waals surface area contributed by atoms with Crippen molar-refractivity contribution in [3.8, 4) is 16.9 Å². The lowest BCUT2D eigenvalue weighted by molar-refractivity contribution is -0.137. The highest BCUT2D eigenvalue weighted by atomic mass is 19.4. The molecule has 0 unspecified atom stereocenters. The molecule has 3 heterocycles. The fraction of sp³-hybridized carbons (Fsp3) is 0.0800. The summed E-state index contributed by atoms with van der Waals surface area (Å²) in [6.07, 6.45) is 3.42. The van der Waals surface area contributed by atoms with Gasteiger partial charge in [-0.1, -0.05) is 12.1 Å². The monoisotopic (exact) mass is 461 g/mol. The summed E-state index contributed by atoms with van der Waals surface area (Å²) in [5, 5.41) is 2.61. The summed E-state index contributed by atoms with van der Waals surface area (Å²) in [7, 11) is 0. The maximum absolute atomic E-state index is 13.5. The standard InChI is InChI=1S/C25H18F3N5O/c1-16-5-6-17(10-21(16)22-14-30-23-4-2-3-8-33(22)23)24(34)31-19-11-18(25(26,27)28)12-20(13-19)32-9-7-29-15-32/h2-15H,1H3,(H,31,34). The molecule has 34 heavy (non-hydrogen) atoms. The van der Waals surface area contributed by atoms with Crippen LogP contribution in [0.1, 0.15) is 21.5 Å². The zero-order valence-corrected chi connectivity index (χ0v) is 17.9. The number of aromatic nitrogens is 4. The topological polar surface area (TPSA) is 64.2 Å². The lowest BCUT2D eigenvalue weighted by Crippen LogP contribution is -2.14. The Balaban J connectivity index is 1.51. The lowest BCUT2D eigenvalue weighted by atomic mass is 10.0. The van der Waals surface area contributed by atoms with E-state index in [0.717, 1.165) is 34.6 Å². The Bertz CT molecular complexity index is 1500. The molecule has 3 aromatic heterocycles. The van der Waals surface area contributed by atoms with Gasteiger partial charge in [-0.2, -0.15) is 13.2 Å². The molecule has 1 N–H and O–H groups in total. The molecule has 0 fully saturated rings. The third-order valence-corrected chi connectivity index (χ3v) is 5.50. The van der Waals surface area contributed by atoms with Gasteiger partial charge in [-0.25, -0.2) is 9.97 Å². The van der Waals surface area contributed by atoms with Crippen LogP contribution in [-0.4, -0.2) is 24.8 Å². The number of hydrogen-bond acceptors (Lipinski definition) is 3. The number of hydrogen-bond donors (Lipinski definition) is 1. The SMILES string of the molecule is Cc1ccc(C(=O)Nc2cc(-n3ccnc3)cc(C(F)(F)F)c2)cc1-c1cnc2ccccn12. The van der Waals surface area contributed by atoms with Gasteiger partial charge in [0.2, 0.25) is 0 Å². The van der Waals surface area contributed by atoms with Crippen LogP contribution in [0.15, 0.2) is 85.7 Å². The van der Waals surface area contributed by atoms with Crippen LogP contribution in [0, 0.1) is 6.92 Å². The fourth-order valence-corrected chi connectivity index (χ4v) is 3.78. The number of anilines is 1. The summed E-state index contributed by atoms with van der Waals surface area (Å²) < 4.78 is 43.8. The van der Waals surface area contributed by atoms with Crippen molar-refractivity contribution >= 4 is 17.2 Å². The first-order valence-electron chi connectivity index (χ1n) is 10.3.